The zero-order chi connectivity index (χ0) is 12.8. The van der Waals surface area contributed by atoms with Gasteiger partial charge in [-0.05, 0) is 31.0 Å². The number of phenols is 1. The predicted molar refractivity (Wildman–Crippen MR) is 66.3 cm³/mol. The van der Waals surface area contributed by atoms with Crippen LogP contribution in [0.5, 0.6) is 11.5 Å². The number of hydrogen-bond donors (Lipinski definition) is 1. The van der Waals surface area contributed by atoms with Crippen LogP contribution in [0.3, 0.4) is 0 Å². The average Bonchev–Trinajstić information content (AvgIpc) is 2.22. The molecule has 0 atom stereocenters. The smallest absolute Gasteiger partial charge is 0.222 e. The molecule has 1 aromatic carbocycles. The van der Waals surface area contributed by atoms with Gasteiger partial charge in [0.25, 0.3) is 0 Å². The van der Waals surface area contributed by atoms with Gasteiger partial charge in [-0.3, -0.25) is 4.79 Å². The lowest BCUT2D eigenvalue weighted by Crippen LogP contribution is -2.21. The van der Waals surface area contributed by atoms with Crippen LogP contribution < -0.4 is 4.74 Å². The van der Waals surface area contributed by atoms with Crippen LogP contribution in [0.2, 0.25) is 0 Å². The van der Waals surface area contributed by atoms with Crippen molar-refractivity contribution in [3.05, 3.63) is 23.8 Å². The second-order valence-corrected chi connectivity index (χ2v) is 4.24. The lowest BCUT2D eigenvalue weighted by atomic mass is 10.2. The second-order valence-electron chi connectivity index (χ2n) is 4.24. The number of benzene rings is 1. The Kier molecular flexibility index (Phi) is 4.82. The number of ether oxygens (including phenoxy) is 1. The molecular formula is C13H19NO3. The van der Waals surface area contributed by atoms with E-state index in [9.17, 15) is 9.90 Å². The number of nitrogens with zero attached hydrogens (tertiary/aromatic N) is 1. The first-order valence-corrected chi connectivity index (χ1v) is 5.62. The molecule has 0 aliphatic heterocycles. The number of phenolic OH excluding ortho intramolecular Hbond substituents is 1. The summed E-state index contributed by atoms with van der Waals surface area (Å²) in [6.07, 6.45) is 1.15. The maximum Gasteiger partial charge on any atom is 0.222 e. The van der Waals surface area contributed by atoms with Crippen LogP contribution in [0.15, 0.2) is 18.2 Å². The van der Waals surface area contributed by atoms with E-state index in [4.69, 9.17) is 4.74 Å². The Hall–Kier alpha value is -1.71. The summed E-state index contributed by atoms with van der Waals surface area (Å²) in [5.74, 6) is 0.935. The number of amides is 1. The number of hydrogen-bond acceptors (Lipinski definition) is 3. The SMILES string of the molecule is Cc1cc(O)cc(OCCCC(=O)N(C)C)c1. The summed E-state index contributed by atoms with van der Waals surface area (Å²) in [7, 11) is 3.48. The molecule has 0 aromatic heterocycles. The lowest BCUT2D eigenvalue weighted by molar-refractivity contribution is -0.128. The van der Waals surface area contributed by atoms with E-state index in [1.54, 1.807) is 31.1 Å². The Morgan fingerprint density at radius 3 is 2.65 bits per heavy atom. The first kappa shape index (κ1) is 13.4. The van der Waals surface area contributed by atoms with Gasteiger partial charge in [0.1, 0.15) is 11.5 Å². The third-order valence-electron chi connectivity index (χ3n) is 2.34. The minimum Gasteiger partial charge on any atom is -0.508 e. The van der Waals surface area contributed by atoms with E-state index in [-0.39, 0.29) is 11.7 Å². The fourth-order valence-corrected chi connectivity index (χ4v) is 1.45. The molecule has 0 aliphatic rings. The Labute approximate surface area is 102 Å². The van der Waals surface area contributed by atoms with Gasteiger partial charge in [0.2, 0.25) is 5.91 Å². The molecule has 1 N–H and O–H groups in total. The molecule has 0 saturated heterocycles. The minimum atomic E-state index is 0.0979. The Bertz CT molecular complexity index is 368. The van der Waals surface area contributed by atoms with Crippen molar-refractivity contribution in [1.29, 1.82) is 0 Å². The normalized spacial score (nSPS) is 10.1. The molecule has 4 heteroatoms. The second kappa shape index (κ2) is 6.13. The molecular weight excluding hydrogens is 218 g/mol. The quantitative estimate of drug-likeness (QED) is 0.796. The van der Waals surface area contributed by atoms with Crippen LogP contribution in [0.1, 0.15) is 18.4 Å². The molecule has 0 fully saturated rings. The topological polar surface area (TPSA) is 49.8 Å². The third kappa shape index (κ3) is 4.76. The van der Waals surface area contributed by atoms with E-state index in [2.05, 4.69) is 0 Å². The molecule has 1 amide bonds. The molecule has 1 rings (SSSR count). The van der Waals surface area contributed by atoms with E-state index in [0.717, 1.165) is 5.56 Å². The summed E-state index contributed by atoms with van der Waals surface area (Å²) in [6, 6.07) is 5.09. The number of carbonyl (C=O) groups is 1. The van der Waals surface area contributed by atoms with Gasteiger partial charge < -0.3 is 14.7 Å². The maximum absolute atomic E-state index is 11.3. The summed E-state index contributed by atoms with van der Waals surface area (Å²) in [6.45, 7) is 2.37. The van der Waals surface area contributed by atoms with E-state index in [1.807, 2.05) is 13.0 Å². The molecule has 1 aromatic rings. The summed E-state index contributed by atoms with van der Waals surface area (Å²) in [5, 5.41) is 9.37. The van der Waals surface area contributed by atoms with Crippen LogP contribution in [-0.2, 0) is 4.79 Å². The summed E-state index contributed by atoms with van der Waals surface area (Å²) >= 11 is 0. The standard InChI is InChI=1S/C13H19NO3/c1-10-7-11(15)9-12(8-10)17-6-4-5-13(16)14(2)3/h7-9,15H,4-6H2,1-3H3. The van der Waals surface area contributed by atoms with Crippen LogP contribution in [0, 0.1) is 6.92 Å². The average molecular weight is 237 g/mol. The van der Waals surface area contributed by atoms with Crippen molar-refractivity contribution in [2.45, 2.75) is 19.8 Å². The van der Waals surface area contributed by atoms with E-state index >= 15 is 0 Å². The molecule has 94 valence electrons. The zero-order valence-electron chi connectivity index (χ0n) is 10.6. The van der Waals surface area contributed by atoms with Gasteiger partial charge in [0.05, 0.1) is 6.61 Å². The highest BCUT2D eigenvalue weighted by Crippen LogP contribution is 2.21. The molecule has 0 spiro atoms. The van der Waals surface area contributed by atoms with Crippen molar-refractivity contribution in [1.82, 2.24) is 4.90 Å². The Morgan fingerprint density at radius 2 is 2.06 bits per heavy atom. The lowest BCUT2D eigenvalue weighted by Gasteiger charge is -2.10. The number of carbonyl (C=O) groups excluding carboxylic acids is 1. The summed E-state index contributed by atoms with van der Waals surface area (Å²) in [4.78, 5) is 12.9. The predicted octanol–water partition coefficient (Wildman–Crippen LogP) is 1.95. The van der Waals surface area contributed by atoms with Gasteiger partial charge in [0, 0.05) is 26.6 Å². The molecule has 0 bridgehead atoms. The van der Waals surface area contributed by atoms with Crippen molar-refractivity contribution in [2.24, 2.45) is 0 Å². The van der Waals surface area contributed by atoms with Gasteiger partial charge in [-0.25, -0.2) is 0 Å². The molecule has 0 heterocycles. The van der Waals surface area contributed by atoms with Crippen LogP contribution in [0.4, 0.5) is 0 Å². The number of rotatable bonds is 5. The molecule has 17 heavy (non-hydrogen) atoms. The molecule has 0 aliphatic carbocycles. The van der Waals surface area contributed by atoms with Gasteiger partial charge >= 0.3 is 0 Å². The fourth-order valence-electron chi connectivity index (χ4n) is 1.45. The van der Waals surface area contributed by atoms with Crippen molar-refractivity contribution in [2.75, 3.05) is 20.7 Å². The maximum atomic E-state index is 11.3. The molecule has 4 nitrogen and oxygen atoms in total. The minimum absolute atomic E-state index is 0.0979. The number of aryl methyl sites for hydroxylation is 1. The van der Waals surface area contributed by atoms with Crippen molar-refractivity contribution >= 4 is 5.91 Å². The highest BCUT2D eigenvalue weighted by atomic mass is 16.5. The van der Waals surface area contributed by atoms with Crippen LogP contribution in [-0.4, -0.2) is 36.6 Å². The monoisotopic (exact) mass is 237 g/mol. The van der Waals surface area contributed by atoms with Crippen molar-refractivity contribution in [3.63, 3.8) is 0 Å². The fraction of sp³-hybridized carbons (Fsp3) is 0.462. The van der Waals surface area contributed by atoms with Crippen LogP contribution >= 0.6 is 0 Å². The Balaban J connectivity index is 2.33. The van der Waals surface area contributed by atoms with Gasteiger partial charge in [-0.2, -0.15) is 0 Å². The van der Waals surface area contributed by atoms with Crippen LogP contribution in [0.25, 0.3) is 0 Å². The summed E-state index contributed by atoms with van der Waals surface area (Å²) < 4.78 is 5.47. The van der Waals surface area contributed by atoms with Gasteiger partial charge in [0.15, 0.2) is 0 Å². The van der Waals surface area contributed by atoms with Gasteiger partial charge in [-0.15, -0.1) is 0 Å². The Morgan fingerprint density at radius 1 is 1.35 bits per heavy atom. The third-order valence-corrected chi connectivity index (χ3v) is 2.34. The number of aromatic hydroxyl groups is 1. The van der Waals surface area contributed by atoms with Crippen molar-refractivity contribution in [3.8, 4) is 11.5 Å². The molecule has 0 saturated carbocycles. The summed E-state index contributed by atoms with van der Waals surface area (Å²) in [5.41, 5.74) is 0.948. The molecule has 0 radical (unpaired) electrons. The van der Waals surface area contributed by atoms with E-state index in [1.165, 1.54) is 0 Å². The van der Waals surface area contributed by atoms with Gasteiger partial charge in [-0.1, -0.05) is 0 Å². The highest BCUT2D eigenvalue weighted by Gasteiger charge is 2.04. The largest absolute Gasteiger partial charge is 0.508 e. The van der Waals surface area contributed by atoms with E-state index < -0.39 is 0 Å². The van der Waals surface area contributed by atoms with E-state index in [0.29, 0.717) is 25.2 Å². The van der Waals surface area contributed by atoms with Crippen molar-refractivity contribution < 1.29 is 14.6 Å². The first-order valence-electron chi connectivity index (χ1n) is 5.62. The highest BCUT2D eigenvalue weighted by molar-refractivity contribution is 5.75. The molecule has 0 unspecified atom stereocenters. The zero-order valence-corrected chi connectivity index (χ0v) is 10.6. The first-order chi connectivity index (χ1) is 7.99.